The van der Waals surface area contributed by atoms with Crippen molar-refractivity contribution in [2.45, 2.75) is 52.1 Å². The Labute approximate surface area is 104 Å². The molecule has 96 valence electrons. The van der Waals surface area contributed by atoms with Crippen molar-refractivity contribution in [1.82, 2.24) is 0 Å². The second-order valence-electron chi connectivity index (χ2n) is 6.45. The third-order valence-electron chi connectivity index (χ3n) is 4.85. The average Bonchev–Trinajstić information content (AvgIpc) is 2.27. The van der Waals surface area contributed by atoms with Crippen LogP contribution >= 0.6 is 0 Å². The van der Waals surface area contributed by atoms with Gasteiger partial charge in [-0.1, -0.05) is 19.4 Å². The molecule has 17 heavy (non-hydrogen) atoms. The molecular formula is C15H24O2. The maximum Gasteiger partial charge on any atom is 0.145 e. The minimum absolute atomic E-state index is 0.305. The number of hydrogen-bond acceptors (Lipinski definition) is 2. The molecule has 0 aromatic heterocycles. The molecule has 1 fully saturated rings. The smallest absolute Gasteiger partial charge is 0.145 e. The highest BCUT2D eigenvalue weighted by molar-refractivity contribution is 5.73. The van der Waals surface area contributed by atoms with Crippen LogP contribution in [0.25, 0.3) is 0 Å². The summed E-state index contributed by atoms with van der Waals surface area (Å²) in [4.78, 5) is 10.9. The van der Waals surface area contributed by atoms with Crippen molar-refractivity contribution in [1.29, 1.82) is 0 Å². The minimum Gasteiger partial charge on any atom is -0.390 e. The molecule has 0 radical (unpaired) electrons. The van der Waals surface area contributed by atoms with Crippen LogP contribution in [-0.4, -0.2) is 17.0 Å². The lowest BCUT2D eigenvalue weighted by atomic mass is 9.59. The van der Waals surface area contributed by atoms with Crippen molar-refractivity contribution >= 4 is 6.29 Å². The van der Waals surface area contributed by atoms with Gasteiger partial charge in [-0.2, -0.15) is 0 Å². The van der Waals surface area contributed by atoms with Gasteiger partial charge in [0.25, 0.3) is 0 Å². The number of fused-ring (bicyclic) bond motifs is 1. The van der Waals surface area contributed by atoms with Gasteiger partial charge in [-0.05, 0) is 62.4 Å². The third kappa shape index (κ3) is 2.47. The zero-order valence-electron chi connectivity index (χ0n) is 11.1. The van der Waals surface area contributed by atoms with Gasteiger partial charge >= 0.3 is 0 Å². The Morgan fingerprint density at radius 1 is 1.35 bits per heavy atom. The first-order chi connectivity index (χ1) is 7.93. The topological polar surface area (TPSA) is 37.3 Å². The van der Waals surface area contributed by atoms with Gasteiger partial charge in [0.05, 0.1) is 5.60 Å². The van der Waals surface area contributed by atoms with Crippen LogP contribution in [-0.2, 0) is 4.79 Å². The molecular weight excluding hydrogens is 212 g/mol. The van der Waals surface area contributed by atoms with Gasteiger partial charge in [-0.3, -0.25) is 4.79 Å². The molecule has 0 bridgehead atoms. The Kier molecular flexibility index (Phi) is 3.44. The summed E-state index contributed by atoms with van der Waals surface area (Å²) in [5, 5.41) is 10.3. The molecule has 4 unspecified atom stereocenters. The fourth-order valence-corrected chi connectivity index (χ4v) is 3.83. The lowest BCUT2D eigenvalue weighted by Crippen LogP contribution is -2.44. The first-order valence-corrected chi connectivity index (χ1v) is 6.81. The summed E-state index contributed by atoms with van der Waals surface area (Å²) < 4.78 is 0. The summed E-state index contributed by atoms with van der Waals surface area (Å²) >= 11 is 0. The van der Waals surface area contributed by atoms with E-state index >= 15 is 0 Å². The van der Waals surface area contributed by atoms with Gasteiger partial charge in [-0.15, -0.1) is 0 Å². The molecule has 2 rings (SSSR count). The number of aldehydes is 1. The van der Waals surface area contributed by atoms with Gasteiger partial charge < -0.3 is 5.11 Å². The summed E-state index contributed by atoms with van der Waals surface area (Å²) in [5.41, 5.74) is 0.305. The van der Waals surface area contributed by atoms with E-state index in [4.69, 9.17) is 0 Å². The van der Waals surface area contributed by atoms with E-state index in [0.717, 1.165) is 37.0 Å². The molecule has 0 amide bonds. The predicted molar refractivity (Wildman–Crippen MR) is 68.5 cm³/mol. The van der Waals surface area contributed by atoms with Crippen LogP contribution in [0.3, 0.4) is 0 Å². The van der Waals surface area contributed by atoms with E-state index in [1.165, 1.54) is 6.42 Å². The van der Waals surface area contributed by atoms with Crippen LogP contribution in [0, 0.1) is 23.7 Å². The molecule has 2 aliphatic carbocycles. The van der Waals surface area contributed by atoms with Crippen molar-refractivity contribution in [2.75, 3.05) is 0 Å². The SMILES string of the molecule is CC1CCC(C(C)(C)O)C2C=C(C=O)CCC12. The van der Waals surface area contributed by atoms with Crippen LogP contribution in [0.4, 0.5) is 0 Å². The van der Waals surface area contributed by atoms with Gasteiger partial charge in [0, 0.05) is 0 Å². The second kappa shape index (κ2) is 4.56. The molecule has 1 saturated carbocycles. The highest BCUT2D eigenvalue weighted by Gasteiger charge is 2.43. The molecule has 4 atom stereocenters. The molecule has 0 aliphatic heterocycles. The Bertz CT molecular complexity index is 324. The summed E-state index contributed by atoms with van der Waals surface area (Å²) in [6, 6.07) is 0. The van der Waals surface area contributed by atoms with E-state index in [9.17, 15) is 9.90 Å². The van der Waals surface area contributed by atoms with Gasteiger partial charge in [0.2, 0.25) is 0 Å². The molecule has 0 heterocycles. The fraction of sp³-hybridized carbons (Fsp3) is 0.800. The molecule has 2 heteroatoms. The van der Waals surface area contributed by atoms with Crippen molar-refractivity contribution in [3.8, 4) is 0 Å². The molecule has 1 N–H and O–H groups in total. The number of carbonyl (C=O) groups is 1. The van der Waals surface area contributed by atoms with Crippen molar-refractivity contribution in [2.24, 2.45) is 23.7 Å². The standard InChI is InChI=1S/C15H24O2/c1-10-4-7-14(15(2,3)17)13-8-11(9-16)5-6-12(10)13/h8-10,12-14,17H,4-7H2,1-3H3. The third-order valence-corrected chi connectivity index (χ3v) is 4.85. The Morgan fingerprint density at radius 2 is 2.06 bits per heavy atom. The van der Waals surface area contributed by atoms with Crippen LogP contribution in [0.1, 0.15) is 46.5 Å². The molecule has 0 saturated heterocycles. The number of rotatable bonds is 2. The van der Waals surface area contributed by atoms with Crippen molar-refractivity contribution in [3.63, 3.8) is 0 Å². The van der Waals surface area contributed by atoms with Crippen LogP contribution in [0.15, 0.2) is 11.6 Å². The minimum atomic E-state index is -0.634. The Hall–Kier alpha value is -0.630. The zero-order chi connectivity index (χ0) is 12.6. The summed E-state index contributed by atoms with van der Waals surface area (Å²) in [6.45, 7) is 6.14. The lowest BCUT2D eigenvalue weighted by Gasteiger charge is -2.47. The normalized spacial score (nSPS) is 38.2. The van der Waals surface area contributed by atoms with Crippen LogP contribution in [0.2, 0.25) is 0 Å². The fourth-order valence-electron chi connectivity index (χ4n) is 3.83. The predicted octanol–water partition coefficient (Wildman–Crippen LogP) is 2.95. The maximum atomic E-state index is 10.9. The first kappa shape index (κ1) is 12.8. The van der Waals surface area contributed by atoms with E-state index in [1.807, 2.05) is 13.8 Å². The van der Waals surface area contributed by atoms with E-state index in [-0.39, 0.29) is 0 Å². The summed E-state index contributed by atoms with van der Waals surface area (Å²) in [5.74, 6) is 2.08. The van der Waals surface area contributed by atoms with Gasteiger partial charge in [0.15, 0.2) is 0 Å². The van der Waals surface area contributed by atoms with Gasteiger partial charge in [0.1, 0.15) is 6.29 Å². The molecule has 2 nitrogen and oxygen atoms in total. The van der Waals surface area contributed by atoms with E-state index in [1.54, 1.807) is 0 Å². The van der Waals surface area contributed by atoms with Crippen LogP contribution < -0.4 is 0 Å². The van der Waals surface area contributed by atoms with Gasteiger partial charge in [-0.25, -0.2) is 0 Å². The number of carbonyl (C=O) groups excluding carboxylic acids is 1. The maximum absolute atomic E-state index is 10.9. The summed E-state index contributed by atoms with van der Waals surface area (Å²) in [6.07, 6.45) is 7.47. The van der Waals surface area contributed by atoms with E-state index in [0.29, 0.717) is 17.8 Å². The highest BCUT2D eigenvalue weighted by atomic mass is 16.3. The Balaban J connectivity index is 2.28. The Morgan fingerprint density at radius 3 is 2.65 bits per heavy atom. The number of aliphatic hydroxyl groups is 1. The van der Waals surface area contributed by atoms with Crippen molar-refractivity contribution < 1.29 is 9.90 Å². The number of allylic oxidation sites excluding steroid dienone is 2. The molecule has 0 spiro atoms. The number of hydrogen-bond donors (Lipinski definition) is 1. The van der Waals surface area contributed by atoms with E-state index < -0.39 is 5.60 Å². The monoisotopic (exact) mass is 236 g/mol. The zero-order valence-corrected chi connectivity index (χ0v) is 11.1. The second-order valence-corrected chi connectivity index (χ2v) is 6.45. The highest BCUT2D eigenvalue weighted by Crippen LogP contribution is 2.48. The van der Waals surface area contributed by atoms with E-state index in [2.05, 4.69) is 13.0 Å². The molecule has 0 aromatic rings. The summed E-state index contributed by atoms with van der Waals surface area (Å²) in [7, 11) is 0. The quantitative estimate of drug-likeness (QED) is 0.748. The lowest BCUT2D eigenvalue weighted by molar-refractivity contribution is -0.105. The average molecular weight is 236 g/mol. The van der Waals surface area contributed by atoms with Crippen LogP contribution in [0.5, 0.6) is 0 Å². The largest absolute Gasteiger partial charge is 0.390 e. The van der Waals surface area contributed by atoms with Crippen molar-refractivity contribution in [3.05, 3.63) is 11.6 Å². The molecule has 0 aromatic carbocycles. The first-order valence-electron chi connectivity index (χ1n) is 6.81. The molecule has 2 aliphatic rings.